The molecule has 9 rings (SSSR count). The summed E-state index contributed by atoms with van der Waals surface area (Å²) >= 11 is 0. The third-order valence-corrected chi connectivity index (χ3v) is 9.22. The van der Waals surface area contributed by atoms with Crippen LogP contribution in [0.25, 0.3) is 65.7 Å². The highest BCUT2D eigenvalue weighted by molar-refractivity contribution is 6.24. The van der Waals surface area contributed by atoms with Crippen molar-refractivity contribution in [3.05, 3.63) is 163 Å². The molecular weight excluding hydrogens is 520 g/mol. The molecule has 0 fully saturated rings. The van der Waals surface area contributed by atoms with Gasteiger partial charge in [-0.15, -0.1) is 0 Å². The number of allylic oxidation sites excluding steroid dienone is 2. The third kappa shape index (κ3) is 3.65. The summed E-state index contributed by atoms with van der Waals surface area (Å²) in [5.74, 6) is 1.26. The summed E-state index contributed by atoms with van der Waals surface area (Å²) in [5.41, 5.74) is 8.64. The largest absolute Gasteiger partial charge is 0.484 e. The molecule has 1 aliphatic heterocycles. The van der Waals surface area contributed by atoms with Crippen molar-refractivity contribution in [2.24, 2.45) is 0 Å². The van der Waals surface area contributed by atoms with Crippen LogP contribution in [0.2, 0.25) is 0 Å². The van der Waals surface area contributed by atoms with Crippen molar-refractivity contribution < 1.29 is 4.74 Å². The zero-order valence-electron chi connectivity index (χ0n) is 23.6. The lowest BCUT2D eigenvalue weighted by Gasteiger charge is -2.21. The van der Waals surface area contributed by atoms with Crippen LogP contribution in [0.4, 0.5) is 0 Å². The molecule has 0 amide bonds. The maximum atomic E-state index is 6.64. The van der Waals surface area contributed by atoms with Crippen molar-refractivity contribution in [1.82, 2.24) is 0 Å². The molecule has 0 saturated carbocycles. The van der Waals surface area contributed by atoms with Crippen LogP contribution in [-0.4, -0.2) is 6.10 Å². The summed E-state index contributed by atoms with van der Waals surface area (Å²) in [6, 6.07) is 48.7. The summed E-state index contributed by atoms with van der Waals surface area (Å²) in [7, 11) is 0. The molecule has 0 N–H and O–H groups in total. The Hall–Kier alpha value is -5.40. The van der Waals surface area contributed by atoms with Crippen LogP contribution in [0.1, 0.15) is 11.5 Å². The minimum absolute atomic E-state index is 0.0509. The standard InChI is InChI=1S/C42H28O/c1-2-15-28-27(13-1)14-11-23-31(28)40-33-19-5-7-21-35(33)41(36-22-8-6-20-34(36)40)32-18-4-3-16-29(32)37-24-12-25-38-30-17-9-10-26-39(30)43-42(37)38/h1-26,30,39H. The molecule has 2 atom stereocenters. The first-order valence-electron chi connectivity index (χ1n) is 15.0. The Kier molecular flexibility index (Phi) is 5.39. The second-order valence-electron chi connectivity index (χ2n) is 11.5. The van der Waals surface area contributed by atoms with E-state index >= 15 is 0 Å². The summed E-state index contributed by atoms with van der Waals surface area (Å²) in [6.07, 6.45) is 8.72. The molecule has 2 unspecified atom stereocenters. The monoisotopic (exact) mass is 548 g/mol. The van der Waals surface area contributed by atoms with Gasteiger partial charge >= 0.3 is 0 Å². The van der Waals surface area contributed by atoms with E-state index in [1.807, 2.05) is 0 Å². The lowest BCUT2D eigenvalue weighted by Crippen LogP contribution is -2.15. The molecule has 7 aromatic rings. The smallest absolute Gasteiger partial charge is 0.132 e. The van der Waals surface area contributed by atoms with E-state index in [0.29, 0.717) is 0 Å². The zero-order chi connectivity index (χ0) is 28.3. The predicted octanol–water partition coefficient (Wildman–Crippen LogP) is 11.1. The molecule has 202 valence electrons. The number of hydrogen-bond acceptors (Lipinski definition) is 1. The Morgan fingerprint density at radius 2 is 0.907 bits per heavy atom. The van der Waals surface area contributed by atoms with Gasteiger partial charge in [0.1, 0.15) is 11.9 Å². The van der Waals surface area contributed by atoms with E-state index < -0.39 is 0 Å². The highest BCUT2D eigenvalue weighted by atomic mass is 16.5. The van der Waals surface area contributed by atoms with E-state index in [4.69, 9.17) is 4.74 Å². The molecular formula is C42H28O. The molecule has 0 aromatic heterocycles. The van der Waals surface area contributed by atoms with Crippen LogP contribution in [0, 0.1) is 0 Å². The normalized spacial score (nSPS) is 16.8. The maximum absolute atomic E-state index is 6.64. The number of fused-ring (bicyclic) bond motifs is 6. The Balaban J connectivity index is 1.36. The first kappa shape index (κ1) is 24.2. The highest BCUT2D eigenvalue weighted by Gasteiger charge is 2.34. The van der Waals surface area contributed by atoms with Gasteiger partial charge < -0.3 is 4.74 Å². The van der Waals surface area contributed by atoms with Gasteiger partial charge in [-0.25, -0.2) is 0 Å². The van der Waals surface area contributed by atoms with Gasteiger partial charge in [-0.3, -0.25) is 0 Å². The molecule has 0 bridgehead atoms. The van der Waals surface area contributed by atoms with Crippen molar-refractivity contribution in [1.29, 1.82) is 0 Å². The minimum Gasteiger partial charge on any atom is -0.484 e. The third-order valence-electron chi connectivity index (χ3n) is 9.22. The zero-order valence-corrected chi connectivity index (χ0v) is 23.6. The van der Waals surface area contributed by atoms with Crippen LogP contribution in [0.5, 0.6) is 5.75 Å². The summed E-state index contributed by atoms with van der Waals surface area (Å²) in [5, 5.41) is 7.56. The number of hydrogen-bond donors (Lipinski definition) is 0. The minimum atomic E-state index is 0.0509. The van der Waals surface area contributed by atoms with E-state index in [1.165, 1.54) is 65.7 Å². The van der Waals surface area contributed by atoms with E-state index in [-0.39, 0.29) is 12.0 Å². The van der Waals surface area contributed by atoms with Crippen LogP contribution in [-0.2, 0) is 0 Å². The molecule has 1 heterocycles. The molecule has 1 nitrogen and oxygen atoms in total. The van der Waals surface area contributed by atoms with Crippen LogP contribution >= 0.6 is 0 Å². The second-order valence-corrected chi connectivity index (χ2v) is 11.5. The fourth-order valence-electron chi connectivity index (χ4n) is 7.37. The van der Waals surface area contributed by atoms with Gasteiger partial charge in [0.05, 0.1) is 0 Å². The van der Waals surface area contributed by atoms with Crippen molar-refractivity contribution >= 4 is 32.3 Å². The van der Waals surface area contributed by atoms with Gasteiger partial charge in [-0.2, -0.15) is 0 Å². The molecule has 0 radical (unpaired) electrons. The topological polar surface area (TPSA) is 9.23 Å². The Labute approximate surface area is 251 Å². The molecule has 2 aliphatic rings. The second kappa shape index (κ2) is 9.58. The van der Waals surface area contributed by atoms with Crippen molar-refractivity contribution in [3.63, 3.8) is 0 Å². The molecule has 0 spiro atoms. The number of rotatable bonds is 3. The van der Waals surface area contributed by atoms with E-state index in [2.05, 4.69) is 158 Å². The van der Waals surface area contributed by atoms with Gasteiger partial charge in [0.15, 0.2) is 0 Å². The predicted molar refractivity (Wildman–Crippen MR) is 181 cm³/mol. The van der Waals surface area contributed by atoms with Crippen molar-refractivity contribution in [2.45, 2.75) is 12.0 Å². The first-order chi connectivity index (χ1) is 21.4. The lowest BCUT2D eigenvalue weighted by molar-refractivity contribution is 0.270. The van der Waals surface area contributed by atoms with Crippen LogP contribution in [0.3, 0.4) is 0 Å². The fraction of sp³-hybridized carbons (Fsp3) is 0.0476. The molecule has 1 heteroatoms. The van der Waals surface area contributed by atoms with Gasteiger partial charge in [0.25, 0.3) is 0 Å². The highest BCUT2D eigenvalue weighted by Crippen LogP contribution is 2.51. The molecule has 0 saturated heterocycles. The number of para-hydroxylation sites is 1. The summed E-state index contributed by atoms with van der Waals surface area (Å²) in [4.78, 5) is 0. The van der Waals surface area contributed by atoms with Gasteiger partial charge in [-0.1, -0.05) is 152 Å². The Morgan fingerprint density at radius 1 is 0.395 bits per heavy atom. The van der Waals surface area contributed by atoms with E-state index in [1.54, 1.807) is 0 Å². The Bertz CT molecular complexity index is 2220. The lowest BCUT2D eigenvalue weighted by atomic mass is 9.82. The molecule has 43 heavy (non-hydrogen) atoms. The quantitative estimate of drug-likeness (QED) is 0.200. The van der Waals surface area contributed by atoms with E-state index in [9.17, 15) is 0 Å². The summed E-state index contributed by atoms with van der Waals surface area (Å²) in [6.45, 7) is 0. The number of ether oxygens (including phenoxy) is 1. The maximum Gasteiger partial charge on any atom is 0.132 e. The van der Waals surface area contributed by atoms with Crippen LogP contribution in [0.15, 0.2) is 158 Å². The average Bonchev–Trinajstić information content (AvgIpc) is 3.46. The molecule has 7 aromatic carbocycles. The van der Waals surface area contributed by atoms with Crippen LogP contribution < -0.4 is 4.74 Å². The Morgan fingerprint density at radius 3 is 1.65 bits per heavy atom. The molecule has 1 aliphatic carbocycles. The van der Waals surface area contributed by atoms with Gasteiger partial charge in [-0.05, 0) is 66.2 Å². The summed E-state index contributed by atoms with van der Waals surface area (Å²) < 4.78 is 6.64. The number of benzene rings is 7. The van der Waals surface area contributed by atoms with Gasteiger partial charge in [0, 0.05) is 17.0 Å². The van der Waals surface area contributed by atoms with Gasteiger partial charge in [0.2, 0.25) is 0 Å². The van der Waals surface area contributed by atoms with E-state index in [0.717, 1.165) is 11.3 Å². The van der Waals surface area contributed by atoms with Crippen molar-refractivity contribution in [2.75, 3.05) is 0 Å². The van der Waals surface area contributed by atoms with Crippen molar-refractivity contribution in [3.8, 4) is 39.1 Å². The fourth-order valence-corrected chi connectivity index (χ4v) is 7.37. The average molecular weight is 549 g/mol. The SMILES string of the molecule is C1=CC2Oc3c(-c4ccccc4-c4c5ccccc5c(-c5cccc6ccccc56)c5ccccc45)cccc3C2C=C1. The first-order valence-corrected chi connectivity index (χ1v) is 15.0.